The van der Waals surface area contributed by atoms with Crippen LogP contribution < -0.4 is 5.32 Å². The van der Waals surface area contributed by atoms with Crippen molar-refractivity contribution in [3.63, 3.8) is 0 Å². The van der Waals surface area contributed by atoms with Crippen LogP contribution in [-0.4, -0.2) is 56.5 Å². The summed E-state index contributed by atoms with van der Waals surface area (Å²) in [4.78, 5) is 31.3. The largest absolute Gasteiger partial charge is 0.480 e. The lowest BCUT2D eigenvalue weighted by molar-refractivity contribution is -0.138. The summed E-state index contributed by atoms with van der Waals surface area (Å²) >= 11 is 2.59. The van der Waals surface area contributed by atoms with Gasteiger partial charge in [0.1, 0.15) is 4.75 Å². The Morgan fingerprint density at radius 3 is 2.47 bits per heavy atom. The minimum absolute atomic E-state index is 0.0711. The highest BCUT2D eigenvalue weighted by Gasteiger charge is 2.35. The van der Waals surface area contributed by atoms with Gasteiger partial charge in [-0.25, -0.2) is 9.78 Å². The first-order valence-electron chi connectivity index (χ1n) is 11.9. The van der Waals surface area contributed by atoms with Gasteiger partial charge >= 0.3 is 12.0 Å². The van der Waals surface area contributed by atoms with Crippen LogP contribution in [0.2, 0.25) is 0 Å². The molecule has 9 heteroatoms. The molecule has 0 atom stereocenters. The second-order valence-corrected chi connectivity index (χ2v) is 12.3. The number of rotatable bonds is 9. The average Bonchev–Trinajstić information content (AvgIpc) is 3.20. The third kappa shape index (κ3) is 6.84. The monoisotopic (exact) mass is 483 g/mol. The molecule has 2 N–H and O–H groups in total. The minimum atomic E-state index is -0.944. The van der Waals surface area contributed by atoms with Gasteiger partial charge in [0.2, 0.25) is 0 Å². The first kappa shape index (κ1) is 25.3. The topological polar surface area (TPSA) is 91.8 Å². The molecule has 7 nitrogen and oxygen atoms in total. The second kappa shape index (κ2) is 11.7. The van der Waals surface area contributed by atoms with Crippen molar-refractivity contribution in [3.05, 3.63) is 6.20 Å². The zero-order chi connectivity index (χ0) is 23.1. The summed E-state index contributed by atoms with van der Waals surface area (Å²) in [6.07, 6.45) is 12.7. The first-order chi connectivity index (χ1) is 15.3. The Kier molecular flexibility index (Phi) is 9.25. The highest BCUT2D eigenvalue weighted by molar-refractivity contribution is 8.03. The van der Waals surface area contributed by atoms with Crippen molar-refractivity contribution in [1.29, 1.82) is 0 Å². The molecule has 2 aliphatic rings. The van der Waals surface area contributed by atoms with E-state index in [9.17, 15) is 14.7 Å². The van der Waals surface area contributed by atoms with Gasteiger partial charge in [0, 0.05) is 18.7 Å². The summed E-state index contributed by atoms with van der Waals surface area (Å²) in [5, 5.41) is 12.9. The Morgan fingerprint density at radius 2 is 1.84 bits per heavy atom. The van der Waals surface area contributed by atoms with Crippen molar-refractivity contribution in [2.75, 3.05) is 11.9 Å². The molecule has 2 amide bonds. The number of aromatic nitrogens is 1. The fraction of sp³-hybridized carbons (Fsp3) is 0.783. The molecule has 2 fully saturated rings. The SMILES string of the molecule is CCCOC1CCC(N(C(=O)Nc2ncc(SC(C)(C)C(=O)O)s2)C2CCCCC2)CC1. The third-order valence-corrected chi connectivity index (χ3v) is 8.57. The summed E-state index contributed by atoms with van der Waals surface area (Å²) in [5.74, 6) is -0.872. The van der Waals surface area contributed by atoms with Gasteiger partial charge in [-0.15, -0.1) is 0 Å². The zero-order valence-electron chi connectivity index (χ0n) is 19.5. The number of carboxylic acid groups (broad SMARTS) is 1. The molecule has 0 bridgehead atoms. The summed E-state index contributed by atoms with van der Waals surface area (Å²) in [7, 11) is 0. The van der Waals surface area contributed by atoms with Crippen LogP contribution in [0.4, 0.5) is 9.93 Å². The van der Waals surface area contributed by atoms with Crippen molar-refractivity contribution in [2.24, 2.45) is 0 Å². The van der Waals surface area contributed by atoms with Gasteiger partial charge < -0.3 is 14.7 Å². The molecular formula is C23H37N3O4S2. The summed E-state index contributed by atoms with van der Waals surface area (Å²) < 4.78 is 5.79. The van der Waals surface area contributed by atoms with E-state index < -0.39 is 10.7 Å². The van der Waals surface area contributed by atoms with Crippen LogP contribution in [0.1, 0.15) is 85.0 Å². The normalized spacial score (nSPS) is 22.5. The molecule has 3 rings (SSSR count). The predicted octanol–water partition coefficient (Wildman–Crippen LogP) is 6.00. The standard InChI is InChI=1S/C23H37N3O4S2/c1-4-14-30-18-12-10-17(11-13-18)26(16-8-6-5-7-9-16)22(29)25-21-24-15-19(31-21)32-23(2,3)20(27)28/h15-18H,4-14H2,1-3H3,(H,27,28)(H,24,25,29). The Labute approximate surface area is 199 Å². The lowest BCUT2D eigenvalue weighted by atomic mass is 9.88. The van der Waals surface area contributed by atoms with E-state index in [1.165, 1.54) is 42.4 Å². The van der Waals surface area contributed by atoms with Gasteiger partial charge in [-0.3, -0.25) is 10.1 Å². The van der Waals surface area contributed by atoms with Crippen LogP contribution in [-0.2, 0) is 9.53 Å². The summed E-state index contributed by atoms with van der Waals surface area (Å²) in [6, 6.07) is 0.444. The number of hydrogen-bond donors (Lipinski definition) is 2. The number of nitrogens with zero attached hydrogens (tertiary/aromatic N) is 2. The van der Waals surface area contributed by atoms with E-state index in [1.807, 2.05) is 0 Å². The number of thioether (sulfide) groups is 1. The average molecular weight is 484 g/mol. The van der Waals surface area contributed by atoms with E-state index in [0.717, 1.165) is 55.8 Å². The van der Waals surface area contributed by atoms with E-state index >= 15 is 0 Å². The van der Waals surface area contributed by atoms with Crippen LogP contribution in [0, 0.1) is 0 Å². The number of carboxylic acids is 1. The molecule has 0 radical (unpaired) electrons. The predicted molar refractivity (Wildman–Crippen MR) is 130 cm³/mol. The molecule has 1 aromatic heterocycles. The maximum atomic E-state index is 13.4. The maximum Gasteiger partial charge on any atom is 0.324 e. The molecular weight excluding hydrogens is 446 g/mol. The Balaban J connectivity index is 1.65. The lowest BCUT2D eigenvalue weighted by Gasteiger charge is -2.42. The molecule has 180 valence electrons. The smallest absolute Gasteiger partial charge is 0.324 e. The summed E-state index contributed by atoms with van der Waals surface area (Å²) in [5.41, 5.74) is 0. The Bertz CT molecular complexity index is 756. The molecule has 0 unspecified atom stereocenters. The number of ether oxygens (including phenoxy) is 1. The number of carbonyl (C=O) groups is 2. The lowest BCUT2D eigenvalue weighted by Crippen LogP contribution is -2.51. The number of nitrogens with one attached hydrogen (secondary N) is 1. The van der Waals surface area contributed by atoms with Crippen molar-refractivity contribution in [2.45, 2.75) is 112 Å². The molecule has 1 aromatic rings. The van der Waals surface area contributed by atoms with Crippen LogP contribution in [0.5, 0.6) is 0 Å². The highest BCUT2D eigenvalue weighted by atomic mass is 32.2. The van der Waals surface area contributed by atoms with Gasteiger partial charge in [0.05, 0.1) is 16.5 Å². The second-order valence-electron chi connectivity index (χ2n) is 9.33. The van der Waals surface area contributed by atoms with Crippen LogP contribution >= 0.6 is 23.1 Å². The van der Waals surface area contributed by atoms with Crippen LogP contribution in [0.3, 0.4) is 0 Å². The maximum absolute atomic E-state index is 13.4. The molecule has 0 aromatic carbocycles. The minimum Gasteiger partial charge on any atom is -0.480 e. The number of hydrogen-bond acceptors (Lipinski definition) is 6. The van der Waals surface area contributed by atoms with Gasteiger partial charge in [-0.1, -0.05) is 49.3 Å². The van der Waals surface area contributed by atoms with Crippen molar-refractivity contribution in [3.8, 4) is 0 Å². The number of urea groups is 1. The van der Waals surface area contributed by atoms with Crippen molar-refractivity contribution >= 4 is 40.2 Å². The number of amides is 2. The Hall–Kier alpha value is -1.32. The first-order valence-corrected chi connectivity index (χ1v) is 13.5. The van der Waals surface area contributed by atoms with Crippen LogP contribution in [0.25, 0.3) is 0 Å². The highest BCUT2D eigenvalue weighted by Crippen LogP contribution is 2.38. The van der Waals surface area contributed by atoms with Crippen molar-refractivity contribution in [1.82, 2.24) is 9.88 Å². The number of anilines is 1. The van der Waals surface area contributed by atoms with Gasteiger partial charge in [-0.2, -0.15) is 0 Å². The van der Waals surface area contributed by atoms with Crippen molar-refractivity contribution < 1.29 is 19.4 Å². The van der Waals surface area contributed by atoms with Gasteiger partial charge in [0.15, 0.2) is 5.13 Å². The fourth-order valence-electron chi connectivity index (χ4n) is 4.58. The van der Waals surface area contributed by atoms with E-state index in [1.54, 1.807) is 20.0 Å². The quantitative estimate of drug-likeness (QED) is 0.418. The van der Waals surface area contributed by atoms with Gasteiger partial charge in [0.25, 0.3) is 0 Å². The molecule has 0 aliphatic heterocycles. The molecule has 0 spiro atoms. The van der Waals surface area contributed by atoms with E-state index in [-0.39, 0.29) is 18.1 Å². The molecule has 32 heavy (non-hydrogen) atoms. The Morgan fingerprint density at radius 1 is 1.19 bits per heavy atom. The van der Waals surface area contributed by atoms with E-state index in [4.69, 9.17) is 4.74 Å². The fourth-order valence-corrected chi connectivity index (χ4v) is 6.84. The molecule has 0 saturated heterocycles. The van der Waals surface area contributed by atoms with E-state index in [0.29, 0.717) is 11.2 Å². The molecule has 2 saturated carbocycles. The molecule has 2 aliphatic carbocycles. The van der Waals surface area contributed by atoms with Gasteiger partial charge in [-0.05, 0) is 58.8 Å². The number of aliphatic carboxylic acids is 1. The third-order valence-electron chi connectivity index (χ3n) is 6.37. The summed E-state index contributed by atoms with van der Waals surface area (Å²) in [6.45, 7) is 6.28. The number of carbonyl (C=O) groups excluding carboxylic acids is 1. The molecule has 1 heterocycles. The van der Waals surface area contributed by atoms with Crippen LogP contribution in [0.15, 0.2) is 10.4 Å². The zero-order valence-corrected chi connectivity index (χ0v) is 21.1. The number of thiazole rings is 1. The van der Waals surface area contributed by atoms with E-state index in [2.05, 4.69) is 22.1 Å².